The maximum atomic E-state index is 10.6. The summed E-state index contributed by atoms with van der Waals surface area (Å²) in [6.07, 6.45) is 3.06. The van der Waals surface area contributed by atoms with Gasteiger partial charge in [0.1, 0.15) is 0 Å². The Balaban J connectivity index is 2.46. The van der Waals surface area contributed by atoms with Crippen LogP contribution in [0.1, 0.15) is 29.4 Å². The van der Waals surface area contributed by atoms with E-state index in [1.54, 1.807) is 0 Å². The van der Waals surface area contributed by atoms with Crippen LogP contribution in [0.25, 0.3) is 0 Å². The molecule has 2 rings (SSSR count). The standard InChI is InChI=1S/C7H8N2O3/c10-5-3-8-9(4-1-2-4)6(5)7(11)12/h3-4,10H,1-2H2,(H,11,12). The van der Waals surface area contributed by atoms with E-state index in [2.05, 4.69) is 5.10 Å². The molecule has 5 heteroatoms. The molecule has 64 valence electrons. The molecule has 5 nitrogen and oxygen atoms in total. The highest BCUT2D eigenvalue weighted by Gasteiger charge is 2.30. The molecule has 1 fully saturated rings. The molecule has 1 aliphatic carbocycles. The lowest BCUT2D eigenvalue weighted by atomic mass is 10.4. The summed E-state index contributed by atoms with van der Waals surface area (Å²) in [5.41, 5.74) is -0.0995. The van der Waals surface area contributed by atoms with Gasteiger partial charge in [-0.15, -0.1) is 0 Å². The average Bonchev–Trinajstić information content (AvgIpc) is 2.75. The van der Waals surface area contributed by atoms with Crippen molar-refractivity contribution in [2.75, 3.05) is 0 Å². The van der Waals surface area contributed by atoms with Crippen molar-refractivity contribution in [1.29, 1.82) is 0 Å². The first-order valence-corrected chi connectivity index (χ1v) is 3.70. The van der Waals surface area contributed by atoms with Gasteiger partial charge in [-0.25, -0.2) is 4.79 Å². The maximum Gasteiger partial charge on any atom is 0.358 e. The Bertz CT molecular complexity index is 327. The van der Waals surface area contributed by atoms with Gasteiger partial charge in [0, 0.05) is 0 Å². The van der Waals surface area contributed by atoms with Gasteiger partial charge in [-0.05, 0) is 12.8 Å². The highest BCUT2D eigenvalue weighted by atomic mass is 16.4. The van der Waals surface area contributed by atoms with E-state index in [0.29, 0.717) is 0 Å². The fraction of sp³-hybridized carbons (Fsp3) is 0.429. The molecule has 0 radical (unpaired) electrons. The zero-order chi connectivity index (χ0) is 8.72. The number of aromatic hydroxyl groups is 1. The number of hydrogen-bond acceptors (Lipinski definition) is 3. The second-order valence-corrected chi connectivity index (χ2v) is 2.86. The predicted molar refractivity (Wildman–Crippen MR) is 39.1 cm³/mol. The Morgan fingerprint density at radius 1 is 1.67 bits per heavy atom. The van der Waals surface area contributed by atoms with Crippen molar-refractivity contribution in [1.82, 2.24) is 9.78 Å². The SMILES string of the molecule is O=C(O)c1c(O)cnn1C1CC1. The van der Waals surface area contributed by atoms with Gasteiger partial charge in [0.25, 0.3) is 0 Å². The second-order valence-electron chi connectivity index (χ2n) is 2.86. The van der Waals surface area contributed by atoms with Crippen molar-refractivity contribution < 1.29 is 15.0 Å². The Hall–Kier alpha value is -1.52. The summed E-state index contributed by atoms with van der Waals surface area (Å²) in [5.74, 6) is -1.38. The Labute approximate surface area is 68.2 Å². The number of hydrogen-bond donors (Lipinski definition) is 2. The fourth-order valence-electron chi connectivity index (χ4n) is 1.16. The van der Waals surface area contributed by atoms with Crippen LogP contribution in [-0.4, -0.2) is 26.0 Å². The number of aromatic nitrogens is 2. The lowest BCUT2D eigenvalue weighted by Crippen LogP contribution is -2.08. The van der Waals surface area contributed by atoms with E-state index in [1.165, 1.54) is 10.9 Å². The third kappa shape index (κ3) is 0.939. The molecule has 1 aliphatic rings. The molecule has 0 spiro atoms. The van der Waals surface area contributed by atoms with Crippen molar-refractivity contribution >= 4 is 5.97 Å². The van der Waals surface area contributed by atoms with Gasteiger partial charge in [0.05, 0.1) is 12.2 Å². The van der Waals surface area contributed by atoms with Crippen LogP contribution >= 0.6 is 0 Å². The van der Waals surface area contributed by atoms with Gasteiger partial charge in [-0.1, -0.05) is 0 Å². The van der Waals surface area contributed by atoms with Crippen molar-refractivity contribution in [3.05, 3.63) is 11.9 Å². The molecule has 1 heterocycles. The first-order valence-electron chi connectivity index (χ1n) is 3.70. The molecular formula is C7H8N2O3. The molecule has 12 heavy (non-hydrogen) atoms. The summed E-state index contributed by atoms with van der Waals surface area (Å²) in [6, 6.07) is 0.178. The number of rotatable bonds is 2. The monoisotopic (exact) mass is 168 g/mol. The summed E-state index contributed by atoms with van der Waals surface area (Å²) >= 11 is 0. The van der Waals surface area contributed by atoms with Crippen LogP contribution in [0.5, 0.6) is 5.75 Å². The normalized spacial score (nSPS) is 16.3. The molecule has 0 aromatic carbocycles. The van der Waals surface area contributed by atoms with Crippen LogP contribution in [0.2, 0.25) is 0 Å². The highest BCUT2D eigenvalue weighted by molar-refractivity contribution is 5.88. The van der Waals surface area contributed by atoms with E-state index in [4.69, 9.17) is 10.2 Å². The van der Waals surface area contributed by atoms with Crippen molar-refractivity contribution in [2.24, 2.45) is 0 Å². The summed E-state index contributed by atoms with van der Waals surface area (Å²) in [6.45, 7) is 0. The lowest BCUT2D eigenvalue weighted by molar-refractivity contribution is 0.0679. The van der Waals surface area contributed by atoms with E-state index >= 15 is 0 Å². The second kappa shape index (κ2) is 2.23. The molecule has 0 saturated heterocycles. The smallest absolute Gasteiger partial charge is 0.358 e. The minimum atomic E-state index is -1.13. The van der Waals surface area contributed by atoms with Crippen LogP contribution in [0, 0.1) is 0 Å². The van der Waals surface area contributed by atoms with E-state index in [0.717, 1.165) is 12.8 Å². The van der Waals surface area contributed by atoms with Crippen LogP contribution in [0.4, 0.5) is 0 Å². The minimum Gasteiger partial charge on any atom is -0.504 e. The number of nitrogens with zero attached hydrogens (tertiary/aromatic N) is 2. The van der Waals surface area contributed by atoms with E-state index in [-0.39, 0.29) is 17.5 Å². The molecule has 1 saturated carbocycles. The average molecular weight is 168 g/mol. The largest absolute Gasteiger partial charge is 0.504 e. The molecular weight excluding hydrogens is 160 g/mol. The van der Waals surface area contributed by atoms with Gasteiger partial charge >= 0.3 is 5.97 Å². The first-order chi connectivity index (χ1) is 5.70. The van der Waals surface area contributed by atoms with Gasteiger partial charge in [0.2, 0.25) is 0 Å². The minimum absolute atomic E-state index is 0.0995. The number of carboxylic acid groups (broad SMARTS) is 1. The molecule has 1 aromatic heterocycles. The van der Waals surface area contributed by atoms with Crippen molar-refractivity contribution in [3.63, 3.8) is 0 Å². The van der Waals surface area contributed by atoms with Gasteiger partial charge in [0.15, 0.2) is 11.4 Å². The third-order valence-electron chi connectivity index (χ3n) is 1.87. The molecule has 0 amide bonds. The van der Waals surface area contributed by atoms with Gasteiger partial charge in [-0.2, -0.15) is 5.10 Å². The Morgan fingerprint density at radius 2 is 2.33 bits per heavy atom. The Morgan fingerprint density at radius 3 is 2.83 bits per heavy atom. The number of aromatic carboxylic acids is 1. The molecule has 2 N–H and O–H groups in total. The molecule has 1 aromatic rings. The highest BCUT2D eigenvalue weighted by Crippen LogP contribution is 2.36. The zero-order valence-electron chi connectivity index (χ0n) is 6.27. The van der Waals surface area contributed by atoms with Crippen LogP contribution in [0.3, 0.4) is 0 Å². The Kier molecular flexibility index (Phi) is 1.33. The summed E-state index contributed by atoms with van der Waals surface area (Å²) < 4.78 is 1.37. The number of carboxylic acids is 1. The van der Waals surface area contributed by atoms with Crippen molar-refractivity contribution in [3.8, 4) is 5.75 Å². The van der Waals surface area contributed by atoms with Gasteiger partial charge in [-0.3, -0.25) is 4.68 Å². The van der Waals surface area contributed by atoms with Gasteiger partial charge < -0.3 is 10.2 Å². The number of carbonyl (C=O) groups is 1. The molecule has 0 bridgehead atoms. The van der Waals surface area contributed by atoms with E-state index < -0.39 is 5.97 Å². The van der Waals surface area contributed by atoms with Crippen LogP contribution in [0.15, 0.2) is 6.20 Å². The quantitative estimate of drug-likeness (QED) is 0.678. The molecule has 0 atom stereocenters. The third-order valence-corrected chi connectivity index (χ3v) is 1.87. The topological polar surface area (TPSA) is 75.3 Å². The molecule has 0 aliphatic heterocycles. The molecule has 0 unspecified atom stereocenters. The zero-order valence-corrected chi connectivity index (χ0v) is 6.27. The maximum absolute atomic E-state index is 10.6. The summed E-state index contributed by atoms with van der Waals surface area (Å²) in [5, 5.41) is 21.6. The summed E-state index contributed by atoms with van der Waals surface area (Å²) in [7, 11) is 0. The lowest BCUT2D eigenvalue weighted by Gasteiger charge is -1.99. The fourth-order valence-corrected chi connectivity index (χ4v) is 1.16. The first kappa shape index (κ1) is 7.15. The van der Waals surface area contributed by atoms with Crippen LogP contribution in [-0.2, 0) is 0 Å². The summed E-state index contributed by atoms with van der Waals surface area (Å²) in [4.78, 5) is 10.6. The van der Waals surface area contributed by atoms with Crippen LogP contribution < -0.4 is 0 Å². The predicted octanol–water partition coefficient (Wildman–Crippen LogP) is 0.622. The van der Waals surface area contributed by atoms with E-state index in [1.807, 2.05) is 0 Å². The van der Waals surface area contributed by atoms with E-state index in [9.17, 15) is 4.79 Å². The van der Waals surface area contributed by atoms with Crippen molar-refractivity contribution in [2.45, 2.75) is 18.9 Å².